The molecule has 0 aliphatic heterocycles. The molecule has 6 nitrogen and oxygen atoms in total. The van der Waals surface area contributed by atoms with Gasteiger partial charge in [0.15, 0.2) is 0 Å². The summed E-state index contributed by atoms with van der Waals surface area (Å²) in [5.41, 5.74) is 0. The molecule has 9 heteroatoms. The van der Waals surface area contributed by atoms with Crippen molar-refractivity contribution in [2.24, 2.45) is 0 Å². The summed E-state index contributed by atoms with van der Waals surface area (Å²) in [5, 5.41) is 20.0. The zero-order valence-electron chi connectivity index (χ0n) is 8.03. The van der Waals surface area contributed by atoms with Crippen LogP contribution in [-0.2, 0) is 22.4 Å². The predicted molar refractivity (Wildman–Crippen MR) is 58.1 cm³/mol. The van der Waals surface area contributed by atoms with E-state index in [1.165, 1.54) is 12.4 Å². The summed E-state index contributed by atoms with van der Waals surface area (Å²) in [7, 11) is 0. The molecule has 95 valence electrons. The summed E-state index contributed by atoms with van der Waals surface area (Å²) < 4.78 is 0. The van der Waals surface area contributed by atoms with Crippen LogP contribution in [0.4, 0.5) is 0 Å². The number of nitrogens with zero attached hydrogens (tertiary/aromatic N) is 2. The van der Waals surface area contributed by atoms with Crippen molar-refractivity contribution in [3.05, 3.63) is 33.2 Å². The van der Waals surface area contributed by atoms with Crippen LogP contribution < -0.4 is 0 Å². The molecule has 0 unspecified atom stereocenters. The average Bonchev–Trinajstić information content (AvgIpc) is 2.93. The van der Waals surface area contributed by atoms with E-state index in [9.17, 15) is 9.59 Å². The summed E-state index contributed by atoms with van der Waals surface area (Å²) >= 11 is 2.24. The maximum atomic E-state index is 10.0. The van der Waals surface area contributed by atoms with Crippen molar-refractivity contribution < 1.29 is 42.2 Å². The number of aromatic carboxylic acids is 2. The van der Waals surface area contributed by atoms with Gasteiger partial charge < -0.3 is 10.2 Å². The standard InChI is InChI=1S/2C4H3NO2S.Ag/c2*6-4(7)3-5-1-2-8-3;/h2*1-2H,(H,6,7);. The Morgan fingerprint density at radius 3 is 1.41 bits per heavy atom. The Balaban J connectivity index is 0.000000284. The molecule has 0 saturated heterocycles. The first kappa shape index (κ1) is 15.9. The van der Waals surface area contributed by atoms with E-state index in [4.69, 9.17) is 10.2 Å². The Morgan fingerprint density at radius 2 is 1.29 bits per heavy atom. The smallest absolute Gasteiger partial charge is 0.364 e. The van der Waals surface area contributed by atoms with Crippen molar-refractivity contribution in [1.82, 2.24) is 9.97 Å². The van der Waals surface area contributed by atoms with Crippen LogP contribution in [-0.4, -0.2) is 32.1 Å². The molecule has 0 atom stereocenters. The second-order valence-electron chi connectivity index (χ2n) is 2.28. The molecule has 2 N–H and O–H groups in total. The minimum absolute atomic E-state index is 0. The van der Waals surface area contributed by atoms with Gasteiger partial charge in [-0.25, -0.2) is 19.6 Å². The van der Waals surface area contributed by atoms with Gasteiger partial charge in [0, 0.05) is 45.5 Å². The summed E-state index contributed by atoms with van der Waals surface area (Å²) in [4.78, 5) is 27.1. The third-order valence-electron chi connectivity index (χ3n) is 1.23. The Hall–Kier alpha value is -1.06. The number of carboxylic acid groups (broad SMARTS) is 2. The van der Waals surface area contributed by atoms with Crippen molar-refractivity contribution >= 4 is 34.6 Å². The average molecular weight is 366 g/mol. The van der Waals surface area contributed by atoms with Crippen molar-refractivity contribution in [3.63, 3.8) is 0 Å². The van der Waals surface area contributed by atoms with Gasteiger partial charge in [-0.1, -0.05) is 0 Å². The van der Waals surface area contributed by atoms with Gasteiger partial charge in [-0.05, 0) is 0 Å². The monoisotopic (exact) mass is 365 g/mol. The first-order valence-electron chi connectivity index (χ1n) is 3.87. The molecule has 0 spiro atoms. The minimum atomic E-state index is -0.958. The van der Waals surface area contributed by atoms with Gasteiger partial charge in [-0.3, -0.25) is 0 Å². The van der Waals surface area contributed by atoms with Crippen molar-refractivity contribution in [1.29, 1.82) is 0 Å². The molecule has 1 radical (unpaired) electrons. The number of thiazole rings is 2. The maximum Gasteiger partial charge on any atom is 0.364 e. The first-order chi connectivity index (χ1) is 7.61. The minimum Gasteiger partial charge on any atom is -0.476 e. The molecule has 0 saturated carbocycles. The number of carbonyl (C=O) groups is 2. The van der Waals surface area contributed by atoms with Crippen molar-refractivity contribution in [2.45, 2.75) is 0 Å². The molecule has 2 aromatic rings. The van der Waals surface area contributed by atoms with Gasteiger partial charge in [0.1, 0.15) is 0 Å². The van der Waals surface area contributed by atoms with Crippen LogP contribution >= 0.6 is 22.7 Å². The van der Waals surface area contributed by atoms with E-state index < -0.39 is 11.9 Å². The Morgan fingerprint density at radius 1 is 0.941 bits per heavy atom. The number of carboxylic acids is 2. The molecule has 0 aromatic carbocycles. The predicted octanol–water partition coefficient (Wildman–Crippen LogP) is 1.68. The molecule has 0 fully saturated rings. The van der Waals surface area contributed by atoms with Gasteiger partial charge in [0.25, 0.3) is 0 Å². The fraction of sp³-hybridized carbons (Fsp3) is 0. The molecule has 0 bridgehead atoms. The number of hydrogen-bond acceptors (Lipinski definition) is 6. The second-order valence-corrected chi connectivity index (χ2v) is 4.07. The van der Waals surface area contributed by atoms with Crippen LogP contribution in [0, 0.1) is 0 Å². The normalized spacial score (nSPS) is 8.47. The molecule has 2 rings (SSSR count). The third-order valence-corrected chi connectivity index (χ3v) is 2.75. The summed E-state index contributed by atoms with van der Waals surface area (Å²) in [6.45, 7) is 0. The molecular weight excluding hydrogens is 360 g/mol. The fourth-order valence-electron chi connectivity index (χ4n) is 0.658. The summed E-state index contributed by atoms with van der Waals surface area (Å²) in [6.07, 6.45) is 2.93. The van der Waals surface area contributed by atoms with E-state index in [1.54, 1.807) is 10.8 Å². The van der Waals surface area contributed by atoms with Crippen LogP contribution in [0.1, 0.15) is 19.6 Å². The third kappa shape index (κ3) is 5.71. The van der Waals surface area contributed by atoms with E-state index in [0.29, 0.717) is 0 Å². The molecule has 0 aliphatic carbocycles. The first-order valence-corrected chi connectivity index (χ1v) is 5.62. The van der Waals surface area contributed by atoms with E-state index >= 15 is 0 Å². The number of rotatable bonds is 2. The van der Waals surface area contributed by atoms with E-state index in [2.05, 4.69) is 9.97 Å². The summed E-state index contributed by atoms with van der Waals surface area (Å²) in [6, 6.07) is 0. The van der Waals surface area contributed by atoms with Crippen LogP contribution in [0.3, 0.4) is 0 Å². The van der Waals surface area contributed by atoms with Gasteiger partial charge >= 0.3 is 11.9 Å². The van der Waals surface area contributed by atoms with Gasteiger partial charge in [-0.15, -0.1) is 22.7 Å². The Bertz CT molecular complexity index is 414. The van der Waals surface area contributed by atoms with E-state index in [1.807, 2.05) is 0 Å². The molecule has 2 heterocycles. The van der Waals surface area contributed by atoms with Gasteiger partial charge in [-0.2, -0.15) is 0 Å². The van der Waals surface area contributed by atoms with Crippen LogP contribution in [0.25, 0.3) is 0 Å². The molecular formula is C8H6AgN2O4S2. The van der Waals surface area contributed by atoms with E-state index in [0.717, 1.165) is 22.7 Å². The van der Waals surface area contributed by atoms with Gasteiger partial charge in [0.05, 0.1) is 0 Å². The molecule has 17 heavy (non-hydrogen) atoms. The Labute approximate surface area is 119 Å². The SMILES string of the molecule is O=C(O)c1nccs1.O=C(O)c1nccs1.[Ag]. The zero-order chi connectivity index (χ0) is 12.0. The maximum absolute atomic E-state index is 10.0. The Kier molecular flexibility index (Phi) is 7.59. The van der Waals surface area contributed by atoms with Crippen LogP contribution in [0.15, 0.2) is 23.2 Å². The van der Waals surface area contributed by atoms with Crippen molar-refractivity contribution in [3.8, 4) is 0 Å². The van der Waals surface area contributed by atoms with Gasteiger partial charge in [0.2, 0.25) is 10.0 Å². The summed E-state index contributed by atoms with van der Waals surface area (Å²) in [5.74, 6) is -1.92. The molecule has 2 aromatic heterocycles. The van der Waals surface area contributed by atoms with E-state index in [-0.39, 0.29) is 32.4 Å². The quantitative estimate of drug-likeness (QED) is 0.785. The van der Waals surface area contributed by atoms with Crippen LogP contribution in [0.5, 0.6) is 0 Å². The van der Waals surface area contributed by atoms with Crippen LogP contribution in [0.2, 0.25) is 0 Å². The molecule has 0 aliphatic rings. The second kappa shape index (κ2) is 8.09. The van der Waals surface area contributed by atoms with Crippen molar-refractivity contribution in [2.75, 3.05) is 0 Å². The zero-order valence-corrected chi connectivity index (χ0v) is 11.1. The fourth-order valence-corrected chi connectivity index (χ4v) is 1.60. The number of aromatic nitrogens is 2. The largest absolute Gasteiger partial charge is 0.476 e. The molecule has 0 amide bonds. The number of hydrogen-bond donors (Lipinski definition) is 2. The topological polar surface area (TPSA) is 100 Å².